The summed E-state index contributed by atoms with van der Waals surface area (Å²) >= 11 is 5.91. The molecule has 21 heavy (non-hydrogen) atoms. The average Bonchev–Trinajstić information content (AvgIpc) is 2.53. The van der Waals surface area contributed by atoms with Gasteiger partial charge in [-0.1, -0.05) is 42.8 Å². The largest absolute Gasteiger partial charge is 0.387 e. The van der Waals surface area contributed by atoms with Crippen LogP contribution in [0.15, 0.2) is 48.5 Å². The molecule has 0 aliphatic carbocycles. The molecular formula is C17H19ClN2O. The standard InChI is InChI=1S/C17H19ClN2O/c1-3-15(12-8-10-13(18)11-9-12)20-17(21)14-6-4-5-7-16(14)19-2/h4-11,15,19H,3H2,1-2H3,(H,20,21). The zero-order chi connectivity index (χ0) is 15.2. The first-order valence-electron chi connectivity index (χ1n) is 6.98. The van der Waals surface area contributed by atoms with Crippen molar-refractivity contribution in [2.45, 2.75) is 19.4 Å². The number of benzene rings is 2. The highest BCUT2D eigenvalue weighted by Crippen LogP contribution is 2.21. The molecule has 2 N–H and O–H groups in total. The summed E-state index contributed by atoms with van der Waals surface area (Å²) in [6, 6.07) is 15.0. The fraction of sp³-hybridized carbons (Fsp3) is 0.235. The highest BCUT2D eigenvalue weighted by atomic mass is 35.5. The second-order valence-corrected chi connectivity index (χ2v) is 5.22. The highest BCUT2D eigenvalue weighted by molar-refractivity contribution is 6.30. The summed E-state index contributed by atoms with van der Waals surface area (Å²) in [6.07, 6.45) is 0.815. The van der Waals surface area contributed by atoms with Gasteiger partial charge in [0, 0.05) is 17.8 Å². The van der Waals surface area contributed by atoms with Crippen LogP contribution in [0.3, 0.4) is 0 Å². The Hall–Kier alpha value is -2.00. The molecule has 0 aliphatic rings. The third-order valence-electron chi connectivity index (χ3n) is 3.43. The molecule has 2 rings (SSSR count). The van der Waals surface area contributed by atoms with E-state index in [1.54, 1.807) is 0 Å². The van der Waals surface area contributed by atoms with Gasteiger partial charge in [0.2, 0.25) is 0 Å². The molecule has 1 atom stereocenters. The smallest absolute Gasteiger partial charge is 0.253 e. The maximum atomic E-state index is 12.5. The summed E-state index contributed by atoms with van der Waals surface area (Å²) in [6.45, 7) is 2.05. The van der Waals surface area contributed by atoms with Gasteiger partial charge in [-0.25, -0.2) is 0 Å². The van der Waals surface area contributed by atoms with Crippen molar-refractivity contribution in [3.63, 3.8) is 0 Å². The normalized spacial score (nSPS) is 11.8. The minimum Gasteiger partial charge on any atom is -0.387 e. The predicted octanol–water partition coefficient (Wildman–Crippen LogP) is 4.26. The molecule has 1 unspecified atom stereocenters. The first kappa shape index (κ1) is 15.4. The van der Waals surface area contributed by atoms with Gasteiger partial charge in [-0.3, -0.25) is 4.79 Å². The van der Waals surface area contributed by atoms with E-state index in [0.29, 0.717) is 10.6 Å². The molecule has 3 nitrogen and oxygen atoms in total. The van der Waals surface area contributed by atoms with E-state index in [1.165, 1.54) is 0 Å². The number of carbonyl (C=O) groups is 1. The van der Waals surface area contributed by atoms with Gasteiger partial charge in [-0.05, 0) is 36.2 Å². The van der Waals surface area contributed by atoms with E-state index >= 15 is 0 Å². The van der Waals surface area contributed by atoms with Crippen molar-refractivity contribution >= 4 is 23.2 Å². The number of amides is 1. The first-order chi connectivity index (χ1) is 10.2. The summed E-state index contributed by atoms with van der Waals surface area (Å²) in [5, 5.41) is 6.80. The van der Waals surface area contributed by atoms with Gasteiger partial charge in [0.1, 0.15) is 0 Å². The molecule has 0 radical (unpaired) electrons. The van der Waals surface area contributed by atoms with E-state index < -0.39 is 0 Å². The molecule has 0 aliphatic heterocycles. The van der Waals surface area contributed by atoms with Crippen LogP contribution in [0.5, 0.6) is 0 Å². The molecule has 110 valence electrons. The second kappa shape index (κ2) is 7.14. The average molecular weight is 303 g/mol. The second-order valence-electron chi connectivity index (χ2n) is 4.78. The number of halogens is 1. The van der Waals surface area contributed by atoms with Crippen LogP contribution in [0.1, 0.15) is 35.3 Å². The number of carbonyl (C=O) groups excluding carboxylic acids is 1. The monoisotopic (exact) mass is 302 g/mol. The zero-order valence-corrected chi connectivity index (χ0v) is 12.9. The van der Waals surface area contributed by atoms with Gasteiger partial charge in [0.15, 0.2) is 0 Å². The van der Waals surface area contributed by atoms with E-state index in [-0.39, 0.29) is 11.9 Å². The third kappa shape index (κ3) is 3.76. The lowest BCUT2D eigenvalue weighted by atomic mass is 10.0. The van der Waals surface area contributed by atoms with Gasteiger partial charge >= 0.3 is 0 Å². The predicted molar refractivity (Wildman–Crippen MR) is 87.9 cm³/mol. The van der Waals surface area contributed by atoms with Crippen LogP contribution in [0.2, 0.25) is 5.02 Å². The van der Waals surface area contributed by atoms with Crippen LogP contribution in [0, 0.1) is 0 Å². The fourth-order valence-corrected chi connectivity index (χ4v) is 2.38. The lowest BCUT2D eigenvalue weighted by Crippen LogP contribution is -2.28. The zero-order valence-electron chi connectivity index (χ0n) is 12.2. The van der Waals surface area contributed by atoms with Crippen molar-refractivity contribution in [3.8, 4) is 0 Å². The van der Waals surface area contributed by atoms with E-state index in [0.717, 1.165) is 17.7 Å². The summed E-state index contributed by atoms with van der Waals surface area (Å²) in [7, 11) is 1.81. The number of hydrogen-bond donors (Lipinski definition) is 2. The van der Waals surface area contributed by atoms with Crippen molar-refractivity contribution < 1.29 is 4.79 Å². The summed E-state index contributed by atoms with van der Waals surface area (Å²) in [5.41, 5.74) is 2.52. The van der Waals surface area contributed by atoms with E-state index in [9.17, 15) is 4.79 Å². The first-order valence-corrected chi connectivity index (χ1v) is 7.36. The van der Waals surface area contributed by atoms with Crippen molar-refractivity contribution in [2.75, 3.05) is 12.4 Å². The molecule has 1 amide bonds. The summed E-state index contributed by atoms with van der Waals surface area (Å²) in [5.74, 6) is -0.0817. The van der Waals surface area contributed by atoms with Gasteiger partial charge in [0.25, 0.3) is 5.91 Å². The van der Waals surface area contributed by atoms with Gasteiger partial charge < -0.3 is 10.6 Å². The molecule has 4 heteroatoms. The molecule has 0 heterocycles. The molecular weight excluding hydrogens is 284 g/mol. The number of para-hydroxylation sites is 1. The van der Waals surface area contributed by atoms with Crippen LogP contribution in [-0.4, -0.2) is 13.0 Å². The van der Waals surface area contributed by atoms with Crippen LogP contribution in [0.25, 0.3) is 0 Å². The Morgan fingerprint density at radius 2 is 1.81 bits per heavy atom. The molecule has 0 bridgehead atoms. The van der Waals surface area contributed by atoms with Crippen molar-refractivity contribution in [1.29, 1.82) is 0 Å². The highest BCUT2D eigenvalue weighted by Gasteiger charge is 2.16. The lowest BCUT2D eigenvalue weighted by molar-refractivity contribution is 0.0936. The topological polar surface area (TPSA) is 41.1 Å². The number of anilines is 1. The molecule has 0 aromatic heterocycles. The molecule has 0 fully saturated rings. The number of hydrogen-bond acceptors (Lipinski definition) is 2. The van der Waals surface area contributed by atoms with E-state index in [2.05, 4.69) is 10.6 Å². The van der Waals surface area contributed by atoms with Gasteiger partial charge in [0.05, 0.1) is 11.6 Å². The minimum atomic E-state index is -0.0817. The van der Waals surface area contributed by atoms with Crippen molar-refractivity contribution in [3.05, 3.63) is 64.7 Å². The summed E-state index contributed by atoms with van der Waals surface area (Å²) < 4.78 is 0. The Labute approximate surface area is 130 Å². The van der Waals surface area contributed by atoms with Crippen LogP contribution < -0.4 is 10.6 Å². The Kier molecular flexibility index (Phi) is 5.23. The Morgan fingerprint density at radius 3 is 2.43 bits per heavy atom. The van der Waals surface area contributed by atoms with Crippen LogP contribution in [0.4, 0.5) is 5.69 Å². The van der Waals surface area contributed by atoms with Gasteiger partial charge in [-0.2, -0.15) is 0 Å². The number of nitrogens with one attached hydrogen (secondary N) is 2. The Morgan fingerprint density at radius 1 is 1.14 bits per heavy atom. The SMILES string of the molecule is CCC(NC(=O)c1ccccc1NC)c1ccc(Cl)cc1. The quantitative estimate of drug-likeness (QED) is 0.866. The molecule has 0 saturated carbocycles. The van der Waals surface area contributed by atoms with E-state index in [4.69, 9.17) is 11.6 Å². The summed E-state index contributed by atoms with van der Waals surface area (Å²) in [4.78, 5) is 12.5. The van der Waals surface area contributed by atoms with Gasteiger partial charge in [-0.15, -0.1) is 0 Å². The van der Waals surface area contributed by atoms with Crippen LogP contribution >= 0.6 is 11.6 Å². The number of rotatable bonds is 5. The van der Waals surface area contributed by atoms with E-state index in [1.807, 2.05) is 62.5 Å². The third-order valence-corrected chi connectivity index (χ3v) is 3.68. The molecule has 2 aromatic carbocycles. The fourth-order valence-electron chi connectivity index (χ4n) is 2.25. The Balaban J connectivity index is 2.18. The van der Waals surface area contributed by atoms with Crippen LogP contribution in [-0.2, 0) is 0 Å². The molecule has 0 spiro atoms. The molecule has 0 saturated heterocycles. The van der Waals surface area contributed by atoms with Crippen molar-refractivity contribution in [1.82, 2.24) is 5.32 Å². The minimum absolute atomic E-state index is 0.0281. The lowest BCUT2D eigenvalue weighted by Gasteiger charge is -2.18. The maximum Gasteiger partial charge on any atom is 0.253 e. The Bertz CT molecular complexity index is 610. The van der Waals surface area contributed by atoms with Crippen molar-refractivity contribution in [2.24, 2.45) is 0 Å². The molecule has 2 aromatic rings. The maximum absolute atomic E-state index is 12.5.